The first-order valence-electron chi connectivity index (χ1n) is 8.50. The smallest absolute Gasteiger partial charge is 0.274 e. The van der Waals surface area contributed by atoms with Crippen molar-refractivity contribution in [3.05, 3.63) is 51.3 Å². The van der Waals surface area contributed by atoms with E-state index in [4.69, 9.17) is 23.2 Å². The molecule has 0 aliphatic heterocycles. The summed E-state index contributed by atoms with van der Waals surface area (Å²) < 4.78 is 5.18. The van der Waals surface area contributed by atoms with Gasteiger partial charge >= 0.3 is 0 Å². The van der Waals surface area contributed by atoms with E-state index in [9.17, 15) is 4.79 Å². The van der Waals surface area contributed by atoms with Crippen LogP contribution in [-0.4, -0.2) is 47.2 Å². The van der Waals surface area contributed by atoms with Crippen molar-refractivity contribution in [2.24, 2.45) is 0 Å². The van der Waals surface area contributed by atoms with Crippen LogP contribution in [0.1, 0.15) is 34.5 Å². The number of aryl methyl sites for hydroxylation is 2. The number of carbonyl (C=O) groups is 1. The summed E-state index contributed by atoms with van der Waals surface area (Å²) in [6.45, 7) is 7.14. The second-order valence-electron chi connectivity index (χ2n) is 6.28. The Labute approximate surface area is 167 Å². The minimum absolute atomic E-state index is 0.194. The summed E-state index contributed by atoms with van der Waals surface area (Å²) >= 11 is 12.4. The fourth-order valence-electron chi connectivity index (χ4n) is 2.81. The Morgan fingerprint density at radius 3 is 2.59 bits per heavy atom. The Morgan fingerprint density at radius 2 is 1.96 bits per heavy atom. The SMILES string of the molecule is CCn1ncc(Cl)c1CN(C)C(=O)c1ccn(Cn2nc(C)c(Cl)c2C)n1. The average molecular weight is 410 g/mol. The quantitative estimate of drug-likeness (QED) is 0.626. The van der Waals surface area contributed by atoms with Gasteiger partial charge in [0.25, 0.3) is 5.91 Å². The summed E-state index contributed by atoms with van der Waals surface area (Å²) in [5.74, 6) is -0.194. The first-order valence-corrected chi connectivity index (χ1v) is 9.26. The van der Waals surface area contributed by atoms with Gasteiger partial charge in [-0.25, -0.2) is 4.68 Å². The first kappa shape index (κ1) is 19.4. The number of hydrogen-bond acceptors (Lipinski definition) is 4. The van der Waals surface area contributed by atoms with Crippen LogP contribution in [0.4, 0.5) is 0 Å². The highest BCUT2D eigenvalue weighted by Gasteiger charge is 2.19. The van der Waals surface area contributed by atoms with E-state index < -0.39 is 0 Å². The van der Waals surface area contributed by atoms with Gasteiger partial charge in [-0.15, -0.1) is 0 Å². The number of rotatable bonds is 6. The molecule has 3 aromatic heterocycles. The van der Waals surface area contributed by atoms with E-state index in [1.165, 1.54) is 0 Å². The van der Waals surface area contributed by atoms with Crippen molar-refractivity contribution < 1.29 is 4.79 Å². The molecule has 0 unspecified atom stereocenters. The molecule has 0 radical (unpaired) electrons. The number of halogens is 2. The maximum Gasteiger partial charge on any atom is 0.274 e. The third-order valence-corrected chi connectivity index (χ3v) is 5.23. The number of hydrogen-bond donors (Lipinski definition) is 0. The van der Waals surface area contributed by atoms with E-state index in [0.717, 1.165) is 17.1 Å². The van der Waals surface area contributed by atoms with Crippen LogP contribution in [0.2, 0.25) is 10.0 Å². The molecule has 144 valence electrons. The maximum atomic E-state index is 12.7. The predicted molar refractivity (Wildman–Crippen MR) is 103 cm³/mol. The highest BCUT2D eigenvalue weighted by molar-refractivity contribution is 6.31. The Balaban J connectivity index is 1.72. The van der Waals surface area contributed by atoms with Crippen LogP contribution in [0.25, 0.3) is 0 Å². The monoisotopic (exact) mass is 409 g/mol. The molecule has 1 amide bonds. The largest absolute Gasteiger partial charge is 0.334 e. The van der Waals surface area contributed by atoms with Crippen LogP contribution in [0.3, 0.4) is 0 Å². The second-order valence-corrected chi connectivity index (χ2v) is 7.07. The summed E-state index contributed by atoms with van der Waals surface area (Å²) in [5.41, 5.74) is 2.77. The van der Waals surface area contributed by atoms with Crippen LogP contribution in [0, 0.1) is 13.8 Å². The van der Waals surface area contributed by atoms with E-state index in [1.54, 1.807) is 44.5 Å². The Kier molecular flexibility index (Phi) is 5.57. The van der Waals surface area contributed by atoms with Crippen molar-refractivity contribution >= 4 is 29.1 Å². The highest BCUT2D eigenvalue weighted by atomic mass is 35.5. The molecule has 27 heavy (non-hydrogen) atoms. The topological polar surface area (TPSA) is 73.8 Å². The van der Waals surface area contributed by atoms with Crippen molar-refractivity contribution in [3.63, 3.8) is 0 Å². The standard InChI is InChI=1S/C17H21Cl2N7O/c1-5-25-15(13(18)8-20-25)9-23(4)17(27)14-6-7-24(22-14)10-26-12(3)16(19)11(2)21-26/h6-8H,5,9-10H2,1-4H3. The van der Waals surface area contributed by atoms with Gasteiger partial charge < -0.3 is 4.90 Å². The van der Waals surface area contributed by atoms with Crippen LogP contribution in [0.15, 0.2) is 18.5 Å². The minimum Gasteiger partial charge on any atom is -0.334 e. The fraction of sp³-hybridized carbons (Fsp3) is 0.412. The average Bonchev–Trinajstić information content (AvgIpc) is 3.31. The summed E-state index contributed by atoms with van der Waals surface area (Å²) in [4.78, 5) is 14.3. The Morgan fingerprint density at radius 1 is 1.22 bits per heavy atom. The van der Waals surface area contributed by atoms with Gasteiger partial charge in [-0.05, 0) is 26.8 Å². The summed E-state index contributed by atoms with van der Waals surface area (Å²) in [6.07, 6.45) is 3.33. The van der Waals surface area contributed by atoms with Gasteiger partial charge in [-0.2, -0.15) is 15.3 Å². The third kappa shape index (κ3) is 3.86. The van der Waals surface area contributed by atoms with E-state index in [-0.39, 0.29) is 5.91 Å². The zero-order chi connectivity index (χ0) is 19.7. The number of nitrogens with zero attached hydrogens (tertiary/aromatic N) is 7. The molecule has 0 fully saturated rings. The van der Waals surface area contributed by atoms with Crippen molar-refractivity contribution in [2.75, 3.05) is 7.05 Å². The molecule has 0 atom stereocenters. The Bertz CT molecular complexity index is 972. The lowest BCUT2D eigenvalue weighted by Crippen LogP contribution is -2.28. The van der Waals surface area contributed by atoms with E-state index in [0.29, 0.717) is 35.5 Å². The van der Waals surface area contributed by atoms with E-state index >= 15 is 0 Å². The molecular weight excluding hydrogens is 389 g/mol. The molecule has 0 saturated heterocycles. The molecule has 0 aliphatic rings. The van der Waals surface area contributed by atoms with Gasteiger partial charge in [0, 0.05) is 19.8 Å². The van der Waals surface area contributed by atoms with Crippen LogP contribution >= 0.6 is 23.2 Å². The molecule has 10 heteroatoms. The molecule has 0 aliphatic carbocycles. The summed E-state index contributed by atoms with van der Waals surface area (Å²) in [6, 6.07) is 1.69. The molecule has 8 nitrogen and oxygen atoms in total. The van der Waals surface area contributed by atoms with Crippen molar-refractivity contribution in [3.8, 4) is 0 Å². The molecule has 3 heterocycles. The lowest BCUT2D eigenvalue weighted by Gasteiger charge is -2.17. The maximum absolute atomic E-state index is 12.7. The van der Waals surface area contributed by atoms with Crippen LogP contribution in [0.5, 0.6) is 0 Å². The predicted octanol–water partition coefficient (Wildman–Crippen LogP) is 3.00. The molecule has 0 saturated carbocycles. The molecule has 0 N–H and O–H groups in total. The van der Waals surface area contributed by atoms with E-state index in [2.05, 4.69) is 15.3 Å². The number of amides is 1. The number of aromatic nitrogens is 6. The zero-order valence-electron chi connectivity index (χ0n) is 15.6. The number of carbonyl (C=O) groups excluding carboxylic acids is 1. The van der Waals surface area contributed by atoms with Gasteiger partial charge in [0.2, 0.25) is 0 Å². The third-order valence-electron chi connectivity index (χ3n) is 4.36. The van der Waals surface area contributed by atoms with E-state index in [1.807, 2.05) is 20.8 Å². The lowest BCUT2D eigenvalue weighted by molar-refractivity contribution is 0.0774. The van der Waals surface area contributed by atoms with Gasteiger partial charge in [0.15, 0.2) is 0 Å². The van der Waals surface area contributed by atoms with Gasteiger partial charge in [-0.3, -0.25) is 14.2 Å². The highest BCUT2D eigenvalue weighted by Crippen LogP contribution is 2.19. The molecule has 0 aromatic carbocycles. The van der Waals surface area contributed by atoms with Crippen LogP contribution in [-0.2, 0) is 19.8 Å². The first-order chi connectivity index (χ1) is 12.8. The van der Waals surface area contributed by atoms with Crippen molar-refractivity contribution in [1.82, 2.24) is 34.2 Å². The Hall–Kier alpha value is -2.32. The second kappa shape index (κ2) is 7.74. The van der Waals surface area contributed by atoms with Crippen molar-refractivity contribution in [1.29, 1.82) is 0 Å². The molecule has 3 aromatic rings. The zero-order valence-corrected chi connectivity index (χ0v) is 17.2. The molecule has 0 bridgehead atoms. The lowest BCUT2D eigenvalue weighted by atomic mass is 10.3. The molecular formula is C17H21Cl2N7O. The van der Waals surface area contributed by atoms with Crippen LogP contribution < -0.4 is 0 Å². The van der Waals surface area contributed by atoms with Gasteiger partial charge in [0.1, 0.15) is 12.4 Å². The van der Waals surface area contributed by atoms with Crippen molar-refractivity contribution in [2.45, 2.75) is 40.5 Å². The molecule has 3 rings (SSSR count). The molecule has 0 spiro atoms. The summed E-state index contributed by atoms with van der Waals surface area (Å²) in [7, 11) is 1.71. The minimum atomic E-state index is -0.194. The van der Waals surface area contributed by atoms with Gasteiger partial charge in [-0.1, -0.05) is 23.2 Å². The normalized spacial score (nSPS) is 11.2. The van der Waals surface area contributed by atoms with Gasteiger partial charge in [0.05, 0.1) is 39.9 Å². The summed E-state index contributed by atoms with van der Waals surface area (Å²) in [5, 5.41) is 14.1. The fourth-order valence-corrected chi connectivity index (χ4v) is 3.15.